The highest BCUT2D eigenvalue weighted by Crippen LogP contribution is 2.30. The van der Waals surface area contributed by atoms with Crippen LogP contribution in [0, 0.1) is 6.92 Å². The second-order valence-electron chi connectivity index (χ2n) is 4.64. The number of benzene rings is 2. The number of fused-ring (bicyclic) bond motifs is 6. The summed E-state index contributed by atoms with van der Waals surface area (Å²) >= 11 is 0. The molecule has 0 spiro atoms. The fraction of sp³-hybridized carbons (Fsp3) is 0.0625. The predicted molar refractivity (Wildman–Crippen MR) is 74.9 cm³/mol. The van der Waals surface area contributed by atoms with Crippen molar-refractivity contribution in [2.45, 2.75) is 6.92 Å². The summed E-state index contributed by atoms with van der Waals surface area (Å²) in [6.45, 7) is 2.16. The topological polar surface area (TPSA) is 17.3 Å². The van der Waals surface area contributed by atoms with Gasteiger partial charge in [-0.2, -0.15) is 0 Å². The van der Waals surface area contributed by atoms with Crippen molar-refractivity contribution in [2.75, 3.05) is 0 Å². The summed E-state index contributed by atoms with van der Waals surface area (Å²) < 4.78 is 2.16. The Labute approximate surface area is 104 Å². The van der Waals surface area contributed by atoms with Gasteiger partial charge in [0.2, 0.25) is 0 Å². The zero-order valence-electron chi connectivity index (χ0n) is 10.1. The van der Waals surface area contributed by atoms with Gasteiger partial charge in [-0.05, 0) is 23.9 Å². The number of aromatic nitrogens is 2. The Bertz CT molecular complexity index is 887. The molecule has 2 heteroatoms. The number of para-hydroxylation sites is 1. The highest BCUT2D eigenvalue weighted by molar-refractivity contribution is 6.13. The van der Waals surface area contributed by atoms with Gasteiger partial charge in [0.1, 0.15) is 5.65 Å². The Kier molecular flexibility index (Phi) is 1.78. The molecule has 2 aromatic heterocycles. The normalized spacial score (nSPS) is 11.6. The van der Waals surface area contributed by atoms with Crippen molar-refractivity contribution in [3.05, 3.63) is 60.4 Å². The minimum absolute atomic E-state index is 1.03. The number of hydrogen-bond donors (Lipinski definition) is 0. The van der Waals surface area contributed by atoms with E-state index in [0.29, 0.717) is 0 Å². The fourth-order valence-electron chi connectivity index (χ4n) is 2.80. The van der Waals surface area contributed by atoms with E-state index in [2.05, 4.69) is 58.8 Å². The van der Waals surface area contributed by atoms with Gasteiger partial charge in [0, 0.05) is 23.2 Å². The molecule has 0 amide bonds. The standard InChI is InChI=1S/C16H12N2/c1-11-5-4-7-13-15(11)12-6-2-3-8-14(12)18-10-9-17-16(13)18/h2-10H,1H3. The third-order valence-electron chi connectivity index (χ3n) is 3.59. The van der Waals surface area contributed by atoms with E-state index in [1.165, 1.54) is 27.2 Å². The molecule has 0 bridgehead atoms. The molecule has 4 aromatic rings. The number of imidazole rings is 1. The van der Waals surface area contributed by atoms with Gasteiger partial charge in [-0.25, -0.2) is 4.98 Å². The van der Waals surface area contributed by atoms with Crippen molar-refractivity contribution in [3.8, 4) is 0 Å². The van der Waals surface area contributed by atoms with Gasteiger partial charge in [-0.3, -0.25) is 4.40 Å². The van der Waals surface area contributed by atoms with Crippen LogP contribution in [0.1, 0.15) is 5.56 Å². The molecule has 2 nitrogen and oxygen atoms in total. The highest BCUT2D eigenvalue weighted by Gasteiger charge is 2.09. The van der Waals surface area contributed by atoms with Crippen LogP contribution in [0.15, 0.2) is 54.9 Å². The van der Waals surface area contributed by atoms with Gasteiger partial charge in [-0.1, -0.05) is 36.4 Å². The van der Waals surface area contributed by atoms with E-state index in [-0.39, 0.29) is 0 Å². The first-order valence-electron chi connectivity index (χ1n) is 6.09. The first kappa shape index (κ1) is 9.66. The predicted octanol–water partition coefficient (Wildman–Crippen LogP) is 3.95. The maximum atomic E-state index is 4.50. The highest BCUT2D eigenvalue weighted by atomic mass is 15.0. The van der Waals surface area contributed by atoms with Crippen LogP contribution in [-0.4, -0.2) is 9.38 Å². The molecule has 0 saturated heterocycles. The van der Waals surface area contributed by atoms with Crippen LogP contribution >= 0.6 is 0 Å². The van der Waals surface area contributed by atoms with E-state index in [9.17, 15) is 0 Å². The average Bonchev–Trinajstić information content (AvgIpc) is 2.88. The Morgan fingerprint density at radius 3 is 2.72 bits per heavy atom. The molecule has 0 fully saturated rings. The lowest BCUT2D eigenvalue weighted by molar-refractivity contribution is 1.27. The van der Waals surface area contributed by atoms with Gasteiger partial charge in [0.05, 0.1) is 5.52 Å². The van der Waals surface area contributed by atoms with E-state index >= 15 is 0 Å². The Morgan fingerprint density at radius 1 is 0.944 bits per heavy atom. The van der Waals surface area contributed by atoms with Crippen molar-refractivity contribution in [1.29, 1.82) is 0 Å². The van der Waals surface area contributed by atoms with Crippen molar-refractivity contribution in [3.63, 3.8) is 0 Å². The molecule has 2 heterocycles. The second-order valence-corrected chi connectivity index (χ2v) is 4.64. The quantitative estimate of drug-likeness (QED) is 0.420. The fourth-order valence-corrected chi connectivity index (χ4v) is 2.80. The van der Waals surface area contributed by atoms with Crippen LogP contribution in [0.2, 0.25) is 0 Å². The third kappa shape index (κ3) is 1.10. The Balaban J connectivity index is 2.49. The monoisotopic (exact) mass is 232 g/mol. The molecule has 0 N–H and O–H groups in total. The summed E-state index contributed by atoms with van der Waals surface area (Å²) in [5, 5.41) is 3.82. The lowest BCUT2D eigenvalue weighted by Gasteiger charge is -2.09. The molecular formula is C16H12N2. The molecule has 86 valence electrons. The van der Waals surface area contributed by atoms with Crippen molar-refractivity contribution >= 4 is 27.3 Å². The van der Waals surface area contributed by atoms with E-state index < -0.39 is 0 Å². The second kappa shape index (κ2) is 3.33. The Hall–Kier alpha value is -2.35. The maximum absolute atomic E-state index is 4.50. The lowest BCUT2D eigenvalue weighted by atomic mass is 10.0. The van der Waals surface area contributed by atoms with Crippen LogP contribution in [-0.2, 0) is 0 Å². The number of pyridine rings is 1. The van der Waals surface area contributed by atoms with E-state index in [4.69, 9.17) is 0 Å². The first-order chi connectivity index (χ1) is 8.86. The molecule has 0 radical (unpaired) electrons. The summed E-state index contributed by atoms with van der Waals surface area (Å²) in [5.74, 6) is 0. The van der Waals surface area contributed by atoms with Crippen LogP contribution < -0.4 is 0 Å². The molecule has 0 unspecified atom stereocenters. The molecule has 0 aliphatic carbocycles. The number of nitrogens with zero attached hydrogens (tertiary/aromatic N) is 2. The first-order valence-corrected chi connectivity index (χ1v) is 6.09. The summed E-state index contributed by atoms with van der Waals surface area (Å²) in [5.41, 5.74) is 3.55. The van der Waals surface area contributed by atoms with E-state index in [1.54, 1.807) is 0 Å². The third-order valence-corrected chi connectivity index (χ3v) is 3.59. The SMILES string of the molecule is Cc1cccc2c1c1ccccc1n1ccnc21. The van der Waals surface area contributed by atoms with Gasteiger partial charge in [0.15, 0.2) is 0 Å². The molecule has 0 atom stereocenters. The maximum Gasteiger partial charge on any atom is 0.145 e. The molecule has 4 rings (SSSR count). The molecule has 0 aliphatic rings. The van der Waals surface area contributed by atoms with E-state index in [1.807, 2.05) is 12.4 Å². The van der Waals surface area contributed by atoms with Gasteiger partial charge in [-0.15, -0.1) is 0 Å². The van der Waals surface area contributed by atoms with Crippen molar-refractivity contribution in [2.24, 2.45) is 0 Å². The smallest absolute Gasteiger partial charge is 0.145 e. The minimum atomic E-state index is 1.03. The van der Waals surface area contributed by atoms with Gasteiger partial charge < -0.3 is 0 Å². The molecule has 0 aliphatic heterocycles. The van der Waals surface area contributed by atoms with Crippen LogP contribution in [0.3, 0.4) is 0 Å². The molecule has 18 heavy (non-hydrogen) atoms. The van der Waals surface area contributed by atoms with E-state index in [0.717, 1.165) is 5.65 Å². The van der Waals surface area contributed by atoms with Crippen LogP contribution in [0.25, 0.3) is 27.3 Å². The zero-order chi connectivity index (χ0) is 12.1. The van der Waals surface area contributed by atoms with Crippen LogP contribution in [0.5, 0.6) is 0 Å². The summed E-state index contributed by atoms with van der Waals surface area (Å²) in [6.07, 6.45) is 3.89. The number of aryl methyl sites for hydroxylation is 1. The summed E-state index contributed by atoms with van der Waals surface area (Å²) in [7, 11) is 0. The summed E-state index contributed by atoms with van der Waals surface area (Å²) in [4.78, 5) is 4.50. The average molecular weight is 232 g/mol. The van der Waals surface area contributed by atoms with Crippen LogP contribution in [0.4, 0.5) is 0 Å². The minimum Gasteiger partial charge on any atom is -0.299 e. The largest absolute Gasteiger partial charge is 0.299 e. The van der Waals surface area contributed by atoms with Crippen molar-refractivity contribution in [1.82, 2.24) is 9.38 Å². The van der Waals surface area contributed by atoms with Gasteiger partial charge in [0.25, 0.3) is 0 Å². The number of rotatable bonds is 0. The Morgan fingerprint density at radius 2 is 1.78 bits per heavy atom. The number of hydrogen-bond acceptors (Lipinski definition) is 1. The molecule has 2 aromatic carbocycles. The zero-order valence-corrected chi connectivity index (χ0v) is 10.1. The lowest BCUT2D eigenvalue weighted by Crippen LogP contribution is -1.91. The molecular weight excluding hydrogens is 220 g/mol. The molecule has 0 saturated carbocycles. The van der Waals surface area contributed by atoms with Crippen molar-refractivity contribution < 1.29 is 0 Å². The summed E-state index contributed by atoms with van der Waals surface area (Å²) in [6, 6.07) is 14.9. The van der Waals surface area contributed by atoms with Gasteiger partial charge >= 0.3 is 0 Å².